The monoisotopic (exact) mass is 242 g/mol. The maximum absolute atomic E-state index is 11.1. The maximum atomic E-state index is 11.1. The average molecular weight is 242 g/mol. The van der Waals surface area contributed by atoms with Crippen molar-refractivity contribution in [2.45, 2.75) is 32.6 Å². The van der Waals surface area contributed by atoms with Gasteiger partial charge in [-0.15, -0.1) is 0 Å². The van der Waals surface area contributed by atoms with E-state index in [4.69, 9.17) is 5.11 Å². The molecule has 0 aromatic heterocycles. The smallest absolute Gasteiger partial charge is 0.303 e. The minimum atomic E-state index is -0.708. The van der Waals surface area contributed by atoms with Crippen molar-refractivity contribution < 1.29 is 14.7 Å². The van der Waals surface area contributed by atoms with Crippen LogP contribution in [0.3, 0.4) is 0 Å². The van der Waals surface area contributed by atoms with Gasteiger partial charge in [0.1, 0.15) is 0 Å². The molecule has 1 rings (SSSR count). The largest absolute Gasteiger partial charge is 0.481 e. The van der Waals surface area contributed by atoms with Gasteiger partial charge >= 0.3 is 5.97 Å². The lowest BCUT2D eigenvalue weighted by Gasteiger charge is -2.34. The minimum absolute atomic E-state index is 0.158. The number of carbonyl (C=O) groups excluding carboxylic acids is 1. The molecule has 0 unspecified atom stereocenters. The number of piperazine rings is 1. The quantitative estimate of drug-likeness (QED) is 0.700. The van der Waals surface area contributed by atoms with E-state index in [1.54, 1.807) is 6.92 Å². The number of aliphatic carboxylic acids is 1. The topological polar surface area (TPSA) is 60.9 Å². The fourth-order valence-electron chi connectivity index (χ4n) is 2.07. The van der Waals surface area contributed by atoms with E-state index in [0.29, 0.717) is 0 Å². The highest BCUT2D eigenvalue weighted by Gasteiger charge is 2.17. The normalized spacial score (nSPS) is 17.1. The number of amides is 1. The standard InChI is InChI=1S/C12H22N2O3/c1-11(15)14-9-7-13(8-10-14)6-4-2-3-5-12(16)17/h2-10H2,1H3,(H,16,17). The van der Waals surface area contributed by atoms with Crippen LogP contribution in [0.2, 0.25) is 0 Å². The Kier molecular flexibility index (Phi) is 5.97. The van der Waals surface area contributed by atoms with Crippen LogP contribution >= 0.6 is 0 Å². The zero-order chi connectivity index (χ0) is 12.7. The molecule has 1 aliphatic rings. The molecular formula is C12H22N2O3. The first-order chi connectivity index (χ1) is 8.09. The number of hydrogen-bond donors (Lipinski definition) is 1. The van der Waals surface area contributed by atoms with Gasteiger partial charge in [-0.2, -0.15) is 0 Å². The van der Waals surface area contributed by atoms with Crippen LogP contribution in [0.5, 0.6) is 0 Å². The minimum Gasteiger partial charge on any atom is -0.481 e. The molecule has 0 aromatic rings. The highest BCUT2D eigenvalue weighted by Crippen LogP contribution is 2.06. The van der Waals surface area contributed by atoms with Gasteiger partial charge in [0.2, 0.25) is 5.91 Å². The van der Waals surface area contributed by atoms with Crippen molar-refractivity contribution >= 4 is 11.9 Å². The highest BCUT2D eigenvalue weighted by atomic mass is 16.4. The highest BCUT2D eigenvalue weighted by molar-refractivity contribution is 5.73. The summed E-state index contributed by atoms with van der Waals surface area (Å²) >= 11 is 0. The van der Waals surface area contributed by atoms with Gasteiger partial charge in [-0.05, 0) is 19.4 Å². The Bertz CT molecular complexity index is 260. The van der Waals surface area contributed by atoms with E-state index >= 15 is 0 Å². The molecule has 0 saturated carbocycles. The Balaban J connectivity index is 2.02. The second-order valence-corrected chi connectivity index (χ2v) is 4.55. The van der Waals surface area contributed by atoms with Gasteiger partial charge in [0.25, 0.3) is 0 Å². The van der Waals surface area contributed by atoms with Crippen molar-refractivity contribution in [3.63, 3.8) is 0 Å². The van der Waals surface area contributed by atoms with Crippen LogP contribution in [0, 0.1) is 0 Å². The Hall–Kier alpha value is -1.10. The number of carbonyl (C=O) groups is 2. The van der Waals surface area contributed by atoms with E-state index in [1.807, 2.05) is 4.90 Å². The van der Waals surface area contributed by atoms with Crippen LogP contribution < -0.4 is 0 Å². The second kappa shape index (κ2) is 7.27. The summed E-state index contributed by atoms with van der Waals surface area (Å²) < 4.78 is 0. The molecule has 0 aliphatic carbocycles. The molecule has 0 radical (unpaired) electrons. The van der Waals surface area contributed by atoms with Crippen molar-refractivity contribution in [3.8, 4) is 0 Å². The molecule has 1 saturated heterocycles. The number of unbranched alkanes of at least 4 members (excludes halogenated alkanes) is 2. The van der Waals surface area contributed by atoms with Crippen LogP contribution in [0.25, 0.3) is 0 Å². The van der Waals surface area contributed by atoms with Crippen molar-refractivity contribution in [1.82, 2.24) is 9.80 Å². The molecule has 1 heterocycles. The van der Waals surface area contributed by atoms with Gasteiger partial charge in [0.05, 0.1) is 0 Å². The van der Waals surface area contributed by atoms with E-state index in [9.17, 15) is 9.59 Å². The number of carboxylic acids is 1. The summed E-state index contributed by atoms with van der Waals surface area (Å²) in [4.78, 5) is 25.7. The molecule has 1 N–H and O–H groups in total. The number of rotatable bonds is 6. The average Bonchev–Trinajstić information content (AvgIpc) is 2.29. The van der Waals surface area contributed by atoms with Gasteiger partial charge in [0, 0.05) is 39.5 Å². The first-order valence-corrected chi connectivity index (χ1v) is 6.29. The van der Waals surface area contributed by atoms with Crippen molar-refractivity contribution in [1.29, 1.82) is 0 Å². The van der Waals surface area contributed by atoms with Crippen LogP contribution in [-0.2, 0) is 9.59 Å². The van der Waals surface area contributed by atoms with Crippen LogP contribution in [0.1, 0.15) is 32.6 Å². The van der Waals surface area contributed by atoms with Gasteiger partial charge in [-0.25, -0.2) is 0 Å². The third-order valence-electron chi connectivity index (χ3n) is 3.18. The molecule has 5 nitrogen and oxygen atoms in total. The molecule has 0 spiro atoms. The number of hydrogen-bond acceptors (Lipinski definition) is 3. The summed E-state index contributed by atoms with van der Waals surface area (Å²) in [5, 5.41) is 8.49. The van der Waals surface area contributed by atoms with Crippen molar-refractivity contribution in [2.75, 3.05) is 32.7 Å². The van der Waals surface area contributed by atoms with E-state index in [2.05, 4.69) is 4.90 Å². The fourth-order valence-corrected chi connectivity index (χ4v) is 2.07. The SMILES string of the molecule is CC(=O)N1CCN(CCCCCC(=O)O)CC1. The van der Waals surface area contributed by atoms with E-state index in [1.165, 1.54) is 0 Å². The lowest BCUT2D eigenvalue weighted by atomic mass is 10.2. The predicted octanol–water partition coefficient (Wildman–Crippen LogP) is 0.795. The molecule has 1 fully saturated rings. The predicted molar refractivity (Wildman–Crippen MR) is 64.8 cm³/mol. The summed E-state index contributed by atoms with van der Waals surface area (Å²) in [5.41, 5.74) is 0. The Morgan fingerprint density at radius 3 is 2.24 bits per heavy atom. The lowest BCUT2D eigenvalue weighted by Crippen LogP contribution is -2.48. The molecule has 1 aliphatic heterocycles. The number of carboxylic acid groups (broad SMARTS) is 1. The first kappa shape index (κ1) is 14.0. The Morgan fingerprint density at radius 1 is 1.06 bits per heavy atom. The lowest BCUT2D eigenvalue weighted by molar-refractivity contribution is -0.137. The van der Waals surface area contributed by atoms with Crippen LogP contribution in [0.4, 0.5) is 0 Å². The summed E-state index contributed by atoms with van der Waals surface area (Å²) in [7, 11) is 0. The molecular weight excluding hydrogens is 220 g/mol. The Morgan fingerprint density at radius 2 is 1.71 bits per heavy atom. The zero-order valence-electron chi connectivity index (χ0n) is 10.5. The van der Waals surface area contributed by atoms with Crippen LogP contribution in [-0.4, -0.2) is 59.5 Å². The molecule has 0 bridgehead atoms. The summed E-state index contributed by atoms with van der Waals surface area (Å²) in [6.45, 7) is 6.17. The summed E-state index contributed by atoms with van der Waals surface area (Å²) in [6, 6.07) is 0. The number of nitrogens with zero attached hydrogens (tertiary/aromatic N) is 2. The van der Waals surface area contributed by atoms with E-state index < -0.39 is 5.97 Å². The third kappa shape index (κ3) is 5.68. The second-order valence-electron chi connectivity index (χ2n) is 4.55. The van der Waals surface area contributed by atoms with Crippen molar-refractivity contribution in [3.05, 3.63) is 0 Å². The molecule has 98 valence electrons. The summed E-state index contributed by atoms with van der Waals surface area (Å²) in [6.07, 6.45) is 3.06. The van der Waals surface area contributed by atoms with E-state index in [-0.39, 0.29) is 12.3 Å². The Labute approximate surface area is 102 Å². The molecule has 0 atom stereocenters. The van der Waals surface area contributed by atoms with E-state index in [0.717, 1.165) is 52.0 Å². The van der Waals surface area contributed by atoms with Gasteiger partial charge in [0.15, 0.2) is 0 Å². The van der Waals surface area contributed by atoms with Gasteiger partial charge in [-0.3, -0.25) is 14.5 Å². The van der Waals surface area contributed by atoms with Crippen LogP contribution in [0.15, 0.2) is 0 Å². The summed E-state index contributed by atoms with van der Waals surface area (Å²) in [5.74, 6) is -0.550. The molecule has 5 heteroatoms. The first-order valence-electron chi connectivity index (χ1n) is 6.29. The fraction of sp³-hybridized carbons (Fsp3) is 0.833. The molecule has 1 amide bonds. The maximum Gasteiger partial charge on any atom is 0.303 e. The third-order valence-corrected chi connectivity index (χ3v) is 3.18. The molecule has 17 heavy (non-hydrogen) atoms. The zero-order valence-corrected chi connectivity index (χ0v) is 10.5. The van der Waals surface area contributed by atoms with Gasteiger partial charge in [-0.1, -0.05) is 6.42 Å². The molecule has 0 aromatic carbocycles. The van der Waals surface area contributed by atoms with Gasteiger partial charge < -0.3 is 10.0 Å². The van der Waals surface area contributed by atoms with Crippen molar-refractivity contribution in [2.24, 2.45) is 0 Å².